The lowest BCUT2D eigenvalue weighted by atomic mass is 9.97. The Morgan fingerprint density at radius 3 is 2.47 bits per heavy atom. The number of ether oxygens (including phenoxy) is 1. The minimum absolute atomic E-state index is 0.0101. The van der Waals surface area contributed by atoms with Crippen molar-refractivity contribution in [2.24, 2.45) is 5.92 Å². The molecule has 0 radical (unpaired) electrons. The van der Waals surface area contributed by atoms with E-state index >= 15 is 0 Å². The number of phenolic OH excluding ortho intramolecular Hbond substituents is 1. The summed E-state index contributed by atoms with van der Waals surface area (Å²) >= 11 is 0. The van der Waals surface area contributed by atoms with Gasteiger partial charge in [0.2, 0.25) is 5.91 Å². The zero-order valence-corrected chi connectivity index (χ0v) is 11.5. The number of carbonyl (C=O) groups is 1. The average Bonchev–Trinajstić information content (AvgIpc) is 2.46. The van der Waals surface area contributed by atoms with E-state index in [1.807, 2.05) is 26.1 Å². The van der Waals surface area contributed by atoms with Crippen LogP contribution in [0, 0.1) is 5.92 Å². The molecule has 2 rings (SSSR count). The van der Waals surface area contributed by atoms with Crippen LogP contribution in [0.3, 0.4) is 0 Å². The maximum absolute atomic E-state index is 12.4. The second kappa shape index (κ2) is 6.06. The van der Waals surface area contributed by atoms with E-state index in [0.717, 1.165) is 18.4 Å². The van der Waals surface area contributed by atoms with Crippen LogP contribution in [-0.2, 0) is 9.53 Å². The fourth-order valence-corrected chi connectivity index (χ4v) is 2.40. The van der Waals surface area contributed by atoms with Crippen LogP contribution in [0.1, 0.15) is 31.4 Å². The Morgan fingerprint density at radius 1 is 1.32 bits per heavy atom. The highest BCUT2D eigenvalue weighted by molar-refractivity contribution is 5.79. The molecule has 1 aromatic carbocycles. The SMILES string of the molecule is CC(c1ccc(O)cc1)N(C)C(=O)C1CCOCC1. The van der Waals surface area contributed by atoms with Crippen LogP contribution >= 0.6 is 0 Å². The quantitative estimate of drug-likeness (QED) is 0.910. The van der Waals surface area contributed by atoms with Crippen molar-refractivity contribution in [3.05, 3.63) is 29.8 Å². The van der Waals surface area contributed by atoms with Crippen LogP contribution in [0.5, 0.6) is 5.75 Å². The summed E-state index contributed by atoms with van der Waals surface area (Å²) in [5, 5.41) is 9.30. The Morgan fingerprint density at radius 2 is 1.89 bits per heavy atom. The van der Waals surface area contributed by atoms with E-state index < -0.39 is 0 Å². The summed E-state index contributed by atoms with van der Waals surface area (Å²) in [5.41, 5.74) is 1.03. The zero-order chi connectivity index (χ0) is 13.8. The van der Waals surface area contributed by atoms with Crippen LogP contribution < -0.4 is 0 Å². The third kappa shape index (κ3) is 3.26. The maximum atomic E-state index is 12.4. The smallest absolute Gasteiger partial charge is 0.226 e. The molecule has 104 valence electrons. The lowest BCUT2D eigenvalue weighted by molar-refractivity contribution is -0.139. The molecule has 1 aromatic rings. The van der Waals surface area contributed by atoms with Gasteiger partial charge in [-0.1, -0.05) is 12.1 Å². The van der Waals surface area contributed by atoms with Crippen molar-refractivity contribution < 1.29 is 14.6 Å². The number of carbonyl (C=O) groups excluding carboxylic acids is 1. The molecule has 1 unspecified atom stereocenters. The average molecular weight is 263 g/mol. The minimum Gasteiger partial charge on any atom is -0.508 e. The van der Waals surface area contributed by atoms with E-state index in [4.69, 9.17) is 4.74 Å². The summed E-state index contributed by atoms with van der Waals surface area (Å²) < 4.78 is 5.29. The summed E-state index contributed by atoms with van der Waals surface area (Å²) in [5.74, 6) is 0.511. The van der Waals surface area contributed by atoms with Gasteiger partial charge in [-0.25, -0.2) is 0 Å². The van der Waals surface area contributed by atoms with Gasteiger partial charge in [-0.15, -0.1) is 0 Å². The predicted octanol–water partition coefficient (Wildman–Crippen LogP) is 2.34. The number of nitrogens with zero attached hydrogens (tertiary/aromatic N) is 1. The number of hydrogen-bond acceptors (Lipinski definition) is 3. The highest BCUT2D eigenvalue weighted by Gasteiger charge is 2.27. The minimum atomic E-state index is 0.0101. The first-order valence-corrected chi connectivity index (χ1v) is 6.73. The molecule has 0 saturated carbocycles. The van der Waals surface area contributed by atoms with Crippen molar-refractivity contribution in [1.82, 2.24) is 4.90 Å². The molecule has 0 aromatic heterocycles. The Bertz CT molecular complexity index is 424. The molecular formula is C15H21NO3. The number of benzene rings is 1. The molecule has 1 amide bonds. The first-order chi connectivity index (χ1) is 9.09. The van der Waals surface area contributed by atoms with Gasteiger partial charge in [0.1, 0.15) is 5.75 Å². The number of amides is 1. The number of phenols is 1. The second-order valence-corrected chi connectivity index (χ2v) is 5.10. The molecule has 1 aliphatic heterocycles. The van der Waals surface area contributed by atoms with Gasteiger partial charge in [-0.05, 0) is 37.5 Å². The van der Waals surface area contributed by atoms with Crippen molar-refractivity contribution in [1.29, 1.82) is 0 Å². The Balaban J connectivity index is 2.03. The third-order valence-electron chi connectivity index (χ3n) is 3.87. The van der Waals surface area contributed by atoms with Gasteiger partial charge in [-0.3, -0.25) is 4.79 Å². The topological polar surface area (TPSA) is 49.8 Å². The van der Waals surface area contributed by atoms with Gasteiger partial charge < -0.3 is 14.7 Å². The molecule has 19 heavy (non-hydrogen) atoms. The standard InChI is InChI=1S/C15H21NO3/c1-11(12-3-5-14(17)6-4-12)16(2)15(18)13-7-9-19-10-8-13/h3-6,11,13,17H,7-10H2,1-2H3. The lowest BCUT2D eigenvalue weighted by Crippen LogP contribution is -2.37. The van der Waals surface area contributed by atoms with Crippen molar-refractivity contribution in [3.63, 3.8) is 0 Å². The fourth-order valence-electron chi connectivity index (χ4n) is 2.40. The predicted molar refractivity (Wildman–Crippen MR) is 72.8 cm³/mol. The molecule has 4 heteroatoms. The summed E-state index contributed by atoms with van der Waals surface area (Å²) in [7, 11) is 1.84. The monoisotopic (exact) mass is 263 g/mol. The second-order valence-electron chi connectivity index (χ2n) is 5.10. The zero-order valence-electron chi connectivity index (χ0n) is 11.5. The van der Waals surface area contributed by atoms with E-state index in [9.17, 15) is 9.90 Å². The Kier molecular flexibility index (Phi) is 4.43. The van der Waals surface area contributed by atoms with Gasteiger partial charge in [0, 0.05) is 26.2 Å². The number of rotatable bonds is 3. The van der Waals surface area contributed by atoms with Crippen molar-refractivity contribution in [2.75, 3.05) is 20.3 Å². The van der Waals surface area contributed by atoms with Gasteiger partial charge in [0.05, 0.1) is 6.04 Å². The van der Waals surface area contributed by atoms with Crippen LogP contribution in [0.15, 0.2) is 24.3 Å². The van der Waals surface area contributed by atoms with E-state index in [1.54, 1.807) is 17.0 Å². The van der Waals surface area contributed by atoms with Crippen LogP contribution in [0.25, 0.3) is 0 Å². The number of hydrogen-bond donors (Lipinski definition) is 1. The van der Waals surface area contributed by atoms with Crippen molar-refractivity contribution in [3.8, 4) is 5.75 Å². The van der Waals surface area contributed by atoms with Gasteiger partial charge in [0.15, 0.2) is 0 Å². The van der Waals surface area contributed by atoms with Crippen LogP contribution in [0.2, 0.25) is 0 Å². The van der Waals surface area contributed by atoms with Crippen molar-refractivity contribution >= 4 is 5.91 Å². The first kappa shape index (κ1) is 13.9. The molecule has 0 aliphatic carbocycles. The molecular weight excluding hydrogens is 242 g/mol. The van der Waals surface area contributed by atoms with Crippen LogP contribution in [-0.4, -0.2) is 36.2 Å². The normalized spacial score (nSPS) is 18.0. The molecule has 1 saturated heterocycles. The third-order valence-corrected chi connectivity index (χ3v) is 3.87. The maximum Gasteiger partial charge on any atom is 0.226 e. The molecule has 0 bridgehead atoms. The molecule has 1 heterocycles. The van der Waals surface area contributed by atoms with Crippen LogP contribution in [0.4, 0.5) is 0 Å². The summed E-state index contributed by atoms with van der Waals surface area (Å²) in [6, 6.07) is 7.02. The summed E-state index contributed by atoms with van der Waals surface area (Å²) in [6.45, 7) is 3.36. The van der Waals surface area contributed by atoms with Gasteiger partial charge in [-0.2, -0.15) is 0 Å². The Labute approximate surface area is 114 Å². The summed E-state index contributed by atoms with van der Waals surface area (Å²) in [6.07, 6.45) is 1.62. The van der Waals surface area contributed by atoms with E-state index in [1.165, 1.54) is 0 Å². The summed E-state index contributed by atoms with van der Waals surface area (Å²) in [4.78, 5) is 14.2. The highest BCUT2D eigenvalue weighted by atomic mass is 16.5. The first-order valence-electron chi connectivity index (χ1n) is 6.73. The molecule has 4 nitrogen and oxygen atoms in total. The van der Waals surface area contributed by atoms with E-state index in [2.05, 4.69) is 0 Å². The van der Waals surface area contributed by atoms with E-state index in [-0.39, 0.29) is 23.6 Å². The van der Waals surface area contributed by atoms with Gasteiger partial charge in [0.25, 0.3) is 0 Å². The van der Waals surface area contributed by atoms with E-state index in [0.29, 0.717) is 13.2 Å². The fraction of sp³-hybridized carbons (Fsp3) is 0.533. The molecule has 1 N–H and O–H groups in total. The molecule has 0 spiro atoms. The molecule has 1 atom stereocenters. The lowest BCUT2D eigenvalue weighted by Gasteiger charge is -2.31. The van der Waals surface area contributed by atoms with Crippen molar-refractivity contribution in [2.45, 2.75) is 25.8 Å². The van der Waals surface area contributed by atoms with Gasteiger partial charge >= 0.3 is 0 Å². The number of aromatic hydroxyl groups is 1. The Hall–Kier alpha value is -1.55. The molecule has 1 fully saturated rings. The highest BCUT2D eigenvalue weighted by Crippen LogP contribution is 2.25. The largest absolute Gasteiger partial charge is 0.508 e. The molecule has 1 aliphatic rings.